The number of nitrogens with zero attached hydrogens (tertiary/aromatic N) is 3. The Labute approximate surface area is 427 Å². The summed E-state index contributed by atoms with van der Waals surface area (Å²) in [5.74, 6) is -6.57. The van der Waals surface area contributed by atoms with Crippen LogP contribution in [0.15, 0.2) is 30.3 Å². The summed E-state index contributed by atoms with van der Waals surface area (Å²) >= 11 is 0. The molecule has 0 aliphatic heterocycles. The van der Waals surface area contributed by atoms with Gasteiger partial charge in [-0.1, -0.05) is 51.1 Å². The maximum atomic E-state index is 13.9. The van der Waals surface area contributed by atoms with Crippen LogP contribution in [0.3, 0.4) is 0 Å². The van der Waals surface area contributed by atoms with E-state index in [9.17, 15) is 74.4 Å². The molecule has 0 radical (unpaired) electrons. The summed E-state index contributed by atoms with van der Waals surface area (Å²) in [4.78, 5) is 89.9. The largest absolute Gasteiger partial charge is 0.480 e. The Hall–Kier alpha value is -4.77. The number of fused-ring (bicyclic) bond motifs is 5. The first-order chi connectivity index (χ1) is 34.5. The number of carboxylic acid groups (broad SMARTS) is 5. The highest BCUT2D eigenvalue weighted by atomic mass is 16.5. The quantitative estimate of drug-likeness (QED) is 0.0476. The van der Waals surface area contributed by atoms with Crippen molar-refractivity contribution in [3.8, 4) is 0 Å². The monoisotopic (exact) mass is 1030 g/mol. The third-order valence-corrected chi connectivity index (χ3v) is 17.2. The number of ether oxygens (including phenoxy) is 1. The molecule has 6 unspecified atom stereocenters. The van der Waals surface area contributed by atoms with Gasteiger partial charge in [-0.3, -0.25) is 43.5 Å². The SMILES string of the molecule is CC(CCC(=O)NC(CCCCNC(=O)C(COCc1ccccc1)N(CCN(CCN(CC(=O)O)CC(=O)O)CC(=O)O)CC(=O)O)C(=O)O)[C@H]1CCC2C3C(C[C@H](O)[C@@]21C)[C@@]1(C)CC[C@@H](O)C[C@H]1C[C@H]3O. The van der Waals surface area contributed by atoms with Gasteiger partial charge in [0.2, 0.25) is 11.8 Å². The maximum absolute atomic E-state index is 13.9. The van der Waals surface area contributed by atoms with E-state index in [4.69, 9.17) is 4.74 Å². The van der Waals surface area contributed by atoms with Gasteiger partial charge in [0.15, 0.2) is 0 Å². The number of carboxylic acids is 5. The van der Waals surface area contributed by atoms with E-state index in [2.05, 4.69) is 31.4 Å². The molecule has 5 rings (SSSR count). The second kappa shape index (κ2) is 27.1. The first-order valence-electron chi connectivity index (χ1n) is 26.0. The van der Waals surface area contributed by atoms with Gasteiger partial charge in [0.25, 0.3) is 0 Å². The molecule has 4 fully saturated rings. The normalized spacial score (nSPS) is 28.8. The van der Waals surface area contributed by atoms with Crippen molar-refractivity contribution in [2.45, 2.75) is 135 Å². The van der Waals surface area contributed by atoms with Crippen molar-refractivity contribution >= 4 is 41.7 Å². The van der Waals surface area contributed by atoms with Crippen LogP contribution in [0, 0.1) is 46.3 Å². The van der Waals surface area contributed by atoms with Gasteiger partial charge in [-0.15, -0.1) is 0 Å². The van der Waals surface area contributed by atoms with Gasteiger partial charge in [-0.2, -0.15) is 0 Å². The van der Waals surface area contributed by atoms with Crippen molar-refractivity contribution in [1.29, 1.82) is 0 Å². The van der Waals surface area contributed by atoms with Gasteiger partial charge in [-0.25, -0.2) is 4.79 Å². The minimum atomic E-state index is -1.28. The fourth-order valence-corrected chi connectivity index (χ4v) is 13.4. The van der Waals surface area contributed by atoms with Crippen molar-refractivity contribution in [2.24, 2.45) is 46.3 Å². The van der Waals surface area contributed by atoms with Gasteiger partial charge in [0.1, 0.15) is 12.1 Å². The molecule has 0 bridgehead atoms. The van der Waals surface area contributed by atoms with E-state index in [1.165, 1.54) is 9.80 Å². The fraction of sp³-hybridized carbons (Fsp3) is 0.750. The number of aliphatic hydroxyl groups excluding tert-OH is 3. The second-order valence-electron chi connectivity index (χ2n) is 21.8. The molecule has 0 heterocycles. The fourth-order valence-electron chi connectivity index (χ4n) is 13.4. The Kier molecular flexibility index (Phi) is 22.0. The van der Waals surface area contributed by atoms with E-state index in [1.54, 1.807) is 12.1 Å². The molecule has 0 spiro atoms. The lowest BCUT2D eigenvalue weighted by Crippen LogP contribution is -2.62. The number of aliphatic carboxylic acids is 5. The Morgan fingerprint density at radius 1 is 0.740 bits per heavy atom. The average molecular weight is 1030 g/mol. The molecule has 4 aliphatic carbocycles. The van der Waals surface area contributed by atoms with Gasteiger partial charge >= 0.3 is 29.8 Å². The van der Waals surface area contributed by atoms with E-state index in [0.29, 0.717) is 38.5 Å². The molecular weight excluding hydrogens is 951 g/mol. The van der Waals surface area contributed by atoms with Crippen LogP contribution in [0.25, 0.3) is 0 Å². The number of hydrogen-bond donors (Lipinski definition) is 10. The third kappa shape index (κ3) is 16.1. The predicted octanol–water partition coefficient (Wildman–Crippen LogP) is 2.05. The van der Waals surface area contributed by atoms with Crippen molar-refractivity contribution in [2.75, 3.05) is 65.5 Å². The predicted molar refractivity (Wildman–Crippen MR) is 264 cm³/mol. The van der Waals surface area contributed by atoms with Crippen molar-refractivity contribution < 1.29 is 79.2 Å². The molecule has 410 valence electrons. The molecule has 73 heavy (non-hydrogen) atoms. The number of carbonyl (C=O) groups is 7. The number of benzene rings is 1. The topological polar surface area (TPSA) is 324 Å². The lowest BCUT2D eigenvalue weighted by atomic mass is 9.43. The summed E-state index contributed by atoms with van der Waals surface area (Å²) in [6, 6.07) is 6.66. The lowest BCUT2D eigenvalue weighted by molar-refractivity contribution is -0.207. The van der Waals surface area contributed by atoms with Crippen LogP contribution in [0.1, 0.15) is 103 Å². The molecular formula is C52H81N5O16. The number of carbonyl (C=O) groups excluding carboxylic acids is 2. The van der Waals surface area contributed by atoms with E-state index in [1.807, 2.05) is 18.2 Å². The zero-order valence-electron chi connectivity index (χ0n) is 42.7. The lowest BCUT2D eigenvalue weighted by Gasteiger charge is -2.63. The smallest absolute Gasteiger partial charge is 0.326 e. The highest BCUT2D eigenvalue weighted by molar-refractivity contribution is 5.84. The van der Waals surface area contributed by atoms with Crippen molar-refractivity contribution in [3.05, 3.63) is 35.9 Å². The first-order valence-corrected chi connectivity index (χ1v) is 26.0. The van der Waals surface area contributed by atoms with Gasteiger partial charge < -0.3 is 56.2 Å². The van der Waals surface area contributed by atoms with Crippen LogP contribution >= 0.6 is 0 Å². The molecule has 0 aromatic heterocycles. The molecule has 4 saturated carbocycles. The van der Waals surface area contributed by atoms with Crippen molar-refractivity contribution in [1.82, 2.24) is 25.3 Å². The number of rotatable bonds is 31. The second-order valence-corrected chi connectivity index (χ2v) is 21.8. The summed E-state index contributed by atoms with van der Waals surface area (Å²) in [7, 11) is 0. The van der Waals surface area contributed by atoms with E-state index in [0.717, 1.165) is 36.1 Å². The van der Waals surface area contributed by atoms with Crippen LogP contribution in [-0.2, 0) is 44.9 Å². The van der Waals surface area contributed by atoms with E-state index >= 15 is 0 Å². The molecule has 2 amide bonds. The molecule has 10 N–H and O–H groups in total. The third-order valence-electron chi connectivity index (χ3n) is 17.2. The maximum Gasteiger partial charge on any atom is 0.326 e. The van der Waals surface area contributed by atoms with E-state index in [-0.39, 0.29) is 106 Å². The molecule has 13 atom stereocenters. The first kappa shape index (κ1) is 59.1. The van der Waals surface area contributed by atoms with Crippen molar-refractivity contribution in [3.63, 3.8) is 0 Å². The summed E-state index contributed by atoms with van der Waals surface area (Å²) in [5.41, 5.74) is 0.302. The Bertz CT molecular complexity index is 2020. The highest BCUT2D eigenvalue weighted by Crippen LogP contribution is 2.68. The summed E-state index contributed by atoms with van der Waals surface area (Å²) < 4.78 is 5.90. The zero-order chi connectivity index (χ0) is 53.6. The van der Waals surface area contributed by atoms with Gasteiger partial charge in [-0.05, 0) is 123 Å². The molecule has 1 aromatic rings. The summed E-state index contributed by atoms with van der Waals surface area (Å²) in [6.45, 7) is 3.57. The van der Waals surface area contributed by atoms with Crippen LogP contribution in [-0.4, -0.2) is 193 Å². The standard InChI is InChI=1S/C52H81N5O16/c1-32(36-13-14-37-48-38(25-42(60)52(36,37)3)51(2)17-16-35(58)23-34(51)24-41(48)59)12-15-43(61)54-39(50(71)72)11-7-8-18-53-49(70)40(31-73-30-33-9-5-4-6-10-33)57(29-47(68)69)22-21-55(26-44(62)63)19-20-56(27-45(64)65)28-46(66)67/h4-6,9-10,32,34-42,48,58-60H,7-8,11-31H2,1-3H3,(H,53,70)(H,54,61)(H,62,63)(H,64,65)(H,66,67)(H,68,69)(H,71,72)/t32?,34-,35+,36+,37?,38?,39?,40?,41+,42-,48?,51-,52+/m0/s1. The van der Waals surface area contributed by atoms with Crippen LogP contribution in [0.4, 0.5) is 0 Å². The average Bonchev–Trinajstić information content (AvgIpc) is 3.68. The number of amides is 2. The molecule has 4 aliphatic rings. The highest BCUT2D eigenvalue weighted by Gasteiger charge is 2.65. The summed E-state index contributed by atoms with van der Waals surface area (Å²) in [5, 5.41) is 87.6. The van der Waals surface area contributed by atoms with E-state index < -0.39 is 97.5 Å². The van der Waals surface area contributed by atoms with Crippen LogP contribution in [0.5, 0.6) is 0 Å². The molecule has 1 aromatic carbocycles. The van der Waals surface area contributed by atoms with Gasteiger partial charge in [0, 0.05) is 39.1 Å². The Balaban J connectivity index is 1.13. The minimum Gasteiger partial charge on any atom is -0.480 e. The minimum absolute atomic E-state index is 0.0427. The number of nitrogens with one attached hydrogen (secondary N) is 2. The van der Waals surface area contributed by atoms with Crippen LogP contribution in [0.2, 0.25) is 0 Å². The number of unbranched alkanes of at least 4 members (excludes halogenated alkanes) is 1. The van der Waals surface area contributed by atoms with Crippen LogP contribution < -0.4 is 10.6 Å². The molecule has 0 saturated heterocycles. The number of hydrogen-bond acceptors (Lipinski definition) is 14. The van der Waals surface area contributed by atoms with Gasteiger partial charge in [0.05, 0.1) is 57.7 Å². The zero-order valence-corrected chi connectivity index (χ0v) is 42.7. The Morgan fingerprint density at radius 2 is 1.37 bits per heavy atom. The molecule has 21 heteroatoms. The number of aliphatic hydroxyl groups is 3. The Morgan fingerprint density at radius 3 is 2.01 bits per heavy atom. The summed E-state index contributed by atoms with van der Waals surface area (Å²) in [6.07, 6.45) is 5.15. The molecule has 21 nitrogen and oxygen atoms in total.